The van der Waals surface area contributed by atoms with Gasteiger partial charge in [-0.1, -0.05) is 395 Å². The van der Waals surface area contributed by atoms with Crippen molar-refractivity contribution in [3.8, 4) is 0 Å². The predicted octanol–water partition coefficient (Wildman–Crippen LogP) is 25.7. The first-order chi connectivity index (χ1) is 50.3. The summed E-state index contributed by atoms with van der Waals surface area (Å²) < 4.78 is 68.9. The Morgan fingerprint density at radius 2 is 0.490 bits per heavy atom. The van der Waals surface area contributed by atoms with E-state index in [9.17, 15) is 43.2 Å². The Morgan fingerprint density at radius 3 is 0.731 bits per heavy atom. The SMILES string of the molecule is CCCCCCCCCCCCCCCCCCCCC(=O)O[C@H](COC(=O)CCCCCCCCCC(C)C)COP(=O)(O)OC[C@H](O)COP(=O)(O)OC[C@@H](COC(=O)CCCCCCCCCCCCCCCCC(C)CC)OC(=O)CCCCCCCCCCCCCCCCCC(C)C. The third kappa shape index (κ3) is 76.8. The molecule has 0 aromatic heterocycles. The van der Waals surface area contributed by atoms with Crippen LogP contribution in [0.15, 0.2) is 0 Å². The second-order valence-corrected chi connectivity index (χ2v) is 34.7. The highest BCUT2D eigenvalue weighted by atomic mass is 31.2. The fourth-order valence-corrected chi connectivity index (χ4v) is 14.7. The van der Waals surface area contributed by atoms with Gasteiger partial charge < -0.3 is 33.8 Å². The van der Waals surface area contributed by atoms with E-state index < -0.39 is 97.5 Å². The van der Waals surface area contributed by atoms with Gasteiger partial charge in [-0.25, -0.2) is 9.13 Å². The van der Waals surface area contributed by atoms with E-state index in [1.807, 2.05) is 0 Å². The zero-order chi connectivity index (χ0) is 76.5. The van der Waals surface area contributed by atoms with Crippen LogP contribution in [-0.2, 0) is 65.4 Å². The lowest BCUT2D eigenvalue weighted by Crippen LogP contribution is -2.30. The summed E-state index contributed by atoms with van der Waals surface area (Å²) in [6, 6.07) is 0. The van der Waals surface area contributed by atoms with Crippen LogP contribution < -0.4 is 0 Å². The lowest BCUT2D eigenvalue weighted by atomic mass is 9.99. The number of aliphatic hydroxyl groups is 1. The fraction of sp³-hybridized carbons (Fsp3) is 0.953. The van der Waals surface area contributed by atoms with E-state index in [-0.39, 0.29) is 25.7 Å². The Bertz CT molecular complexity index is 2010. The van der Waals surface area contributed by atoms with Crippen LogP contribution in [0, 0.1) is 17.8 Å². The van der Waals surface area contributed by atoms with Gasteiger partial charge in [0.1, 0.15) is 19.3 Å². The Hall–Kier alpha value is -1.94. The van der Waals surface area contributed by atoms with Crippen LogP contribution >= 0.6 is 15.6 Å². The molecule has 0 rings (SSSR count). The van der Waals surface area contributed by atoms with Gasteiger partial charge in [-0.15, -0.1) is 0 Å². The number of carbonyl (C=O) groups excluding carboxylic acids is 4. The molecule has 0 aliphatic heterocycles. The molecular weight excluding hydrogens is 1350 g/mol. The summed E-state index contributed by atoms with van der Waals surface area (Å²) in [5, 5.41) is 10.7. The molecule has 0 saturated carbocycles. The standard InChI is InChI=1S/C85H166O17P2/c1-8-10-11-12-13-14-15-16-17-18-19-22-29-34-39-46-54-61-69-85(90)102-81(73-96-83(88)67-60-53-48-41-43-50-57-64-77(5)6)75-100-104(93,94)98-71-79(86)70-97-103(91,92)99-74-80(101-84(89)68-62-55-47-40-35-30-23-20-21-26-31-36-42-49-56-63-76(3)4)72-95-82(87)66-59-52-45-38-33-28-25-24-27-32-37-44-51-58-65-78(7)9-2/h76-81,86H,8-75H2,1-7H3,(H,91,92)(H,93,94)/t78?,79-,80-,81-/m1/s1. The summed E-state index contributed by atoms with van der Waals surface area (Å²) in [7, 11) is -9.93. The first kappa shape index (κ1) is 102. The molecule has 618 valence electrons. The topological polar surface area (TPSA) is 237 Å². The lowest BCUT2D eigenvalue weighted by Gasteiger charge is -2.21. The second-order valence-electron chi connectivity index (χ2n) is 31.8. The zero-order valence-corrected chi connectivity index (χ0v) is 70.3. The molecule has 0 aliphatic carbocycles. The molecule has 6 atom stereocenters. The van der Waals surface area contributed by atoms with E-state index in [1.165, 1.54) is 250 Å². The zero-order valence-electron chi connectivity index (χ0n) is 68.5. The molecule has 3 N–H and O–H groups in total. The molecule has 0 bridgehead atoms. The van der Waals surface area contributed by atoms with Gasteiger partial charge in [-0.2, -0.15) is 0 Å². The van der Waals surface area contributed by atoms with Crippen LogP contribution in [0.5, 0.6) is 0 Å². The van der Waals surface area contributed by atoms with Crippen LogP contribution in [-0.4, -0.2) is 96.7 Å². The highest BCUT2D eigenvalue weighted by molar-refractivity contribution is 7.47. The number of rotatable bonds is 83. The van der Waals surface area contributed by atoms with Crippen LogP contribution in [0.25, 0.3) is 0 Å². The first-order valence-electron chi connectivity index (χ1n) is 43.9. The van der Waals surface area contributed by atoms with Gasteiger partial charge in [0.25, 0.3) is 0 Å². The van der Waals surface area contributed by atoms with Gasteiger partial charge in [-0.3, -0.25) is 37.3 Å². The minimum absolute atomic E-state index is 0.108. The van der Waals surface area contributed by atoms with Crippen molar-refractivity contribution in [2.75, 3.05) is 39.6 Å². The molecule has 0 aromatic carbocycles. The van der Waals surface area contributed by atoms with E-state index >= 15 is 0 Å². The number of hydrogen-bond donors (Lipinski definition) is 3. The van der Waals surface area contributed by atoms with Crippen molar-refractivity contribution in [1.29, 1.82) is 0 Å². The van der Waals surface area contributed by atoms with Gasteiger partial charge in [0, 0.05) is 25.7 Å². The van der Waals surface area contributed by atoms with Crippen molar-refractivity contribution in [1.82, 2.24) is 0 Å². The Labute approximate surface area is 638 Å². The van der Waals surface area contributed by atoms with Gasteiger partial charge >= 0.3 is 39.5 Å². The van der Waals surface area contributed by atoms with Crippen molar-refractivity contribution in [2.24, 2.45) is 17.8 Å². The third-order valence-electron chi connectivity index (χ3n) is 20.2. The molecule has 0 radical (unpaired) electrons. The molecule has 19 heteroatoms. The maximum Gasteiger partial charge on any atom is 0.472 e. The van der Waals surface area contributed by atoms with Crippen molar-refractivity contribution in [3.63, 3.8) is 0 Å². The molecule has 3 unspecified atom stereocenters. The third-order valence-corrected chi connectivity index (χ3v) is 22.1. The summed E-state index contributed by atoms with van der Waals surface area (Å²) in [5.41, 5.74) is 0. The van der Waals surface area contributed by atoms with Gasteiger partial charge in [0.15, 0.2) is 12.2 Å². The van der Waals surface area contributed by atoms with E-state index in [1.54, 1.807) is 0 Å². The number of phosphoric acid groups is 2. The smallest absolute Gasteiger partial charge is 0.462 e. The van der Waals surface area contributed by atoms with E-state index in [0.717, 1.165) is 108 Å². The largest absolute Gasteiger partial charge is 0.472 e. The Balaban J connectivity index is 5.24. The normalized spacial score (nSPS) is 14.2. The average Bonchev–Trinajstić information content (AvgIpc) is 0.912. The fourth-order valence-electron chi connectivity index (χ4n) is 13.2. The summed E-state index contributed by atoms with van der Waals surface area (Å²) in [5.74, 6) is 0.251. The average molecular weight is 1520 g/mol. The minimum atomic E-state index is -4.97. The van der Waals surface area contributed by atoms with Gasteiger partial charge in [-0.05, 0) is 43.4 Å². The highest BCUT2D eigenvalue weighted by Crippen LogP contribution is 2.45. The summed E-state index contributed by atoms with van der Waals surface area (Å²) in [6.45, 7) is 12.0. The van der Waals surface area contributed by atoms with Crippen molar-refractivity contribution in [2.45, 2.75) is 465 Å². The van der Waals surface area contributed by atoms with Crippen LogP contribution in [0.2, 0.25) is 0 Å². The molecule has 0 spiro atoms. The van der Waals surface area contributed by atoms with E-state index in [2.05, 4.69) is 48.5 Å². The molecule has 17 nitrogen and oxygen atoms in total. The summed E-state index contributed by atoms with van der Waals surface area (Å²) in [4.78, 5) is 73.2. The molecule has 104 heavy (non-hydrogen) atoms. The number of unbranched alkanes of at least 4 members (excludes halogenated alkanes) is 50. The maximum atomic E-state index is 13.1. The molecule has 0 aliphatic rings. The van der Waals surface area contributed by atoms with Crippen LogP contribution in [0.1, 0.15) is 447 Å². The highest BCUT2D eigenvalue weighted by Gasteiger charge is 2.30. The monoisotopic (exact) mass is 1520 g/mol. The number of carbonyl (C=O) groups is 4. The lowest BCUT2D eigenvalue weighted by molar-refractivity contribution is -0.161. The first-order valence-corrected chi connectivity index (χ1v) is 46.9. The van der Waals surface area contributed by atoms with Crippen molar-refractivity contribution >= 4 is 39.5 Å². The van der Waals surface area contributed by atoms with Crippen molar-refractivity contribution in [3.05, 3.63) is 0 Å². The number of ether oxygens (including phenoxy) is 4. The molecule has 0 fully saturated rings. The van der Waals surface area contributed by atoms with E-state index in [4.69, 9.17) is 37.0 Å². The molecular formula is C85H166O17P2. The number of aliphatic hydroxyl groups excluding tert-OH is 1. The van der Waals surface area contributed by atoms with Crippen molar-refractivity contribution < 1.29 is 80.2 Å². The van der Waals surface area contributed by atoms with Crippen LogP contribution in [0.4, 0.5) is 0 Å². The maximum absolute atomic E-state index is 13.1. The Kier molecular flexibility index (Phi) is 73.7. The minimum Gasteiger partial charge on any atom is -0.462 e. The van der Waals surface area contributed by atoms with E-state index in [0.29, 0.717) is 31.6 Å². The molecule has 0 heterocycles. The number of phosphoric ester groups is 2. The molecule has 0 saturated heterocycles. The summed E-state index contributed by atoms with van der Waals surface area (Å²) in [6.07, 6.45) is 65.2. The summed E-state index contributed by atoms with van der Waals surface area (Å²) >= 11 is 0. The van der Waals surface area contributed by atoms with Gasteiger partial charge in [0.05, 0.1) is 26.4 Å². The van der Waals surface area contributed by atoms with Gasteiger partial charge in [0.2, 0.25) is 0 Å². The van der Waals surface area contributed by atoms with Crippen LogP contribution in [0.3, 0.4) is 0 Å². The number of hydrogen-bond acceptors (Lipinski definition) is 15. The Morgan fingerprint density at radius 1 is 0.279 bits per heavy atom. The molecule has 0 aromatic rings. The number of esters is 4. The quantitative estimate of drug-likeness (QED) is 0.0222. The molecule has 0 amide bonds. The predicted molar refractivity (Wildman–Crippen MR) is 428 cm³/mol. The second kappa shape index (κ2) is 75.1.